The summed E-state index contributed by atoms with van der Waals surface area (Å²) in [5, 5.41) is 20.8. The molecule has 9 nitrogen and oxygen atoms in total. The zero-order chi connectivity index (χ0) is 18.5. The lowest BCUT2D eigenvalue weighted by Gasteiger charge is -2.07. The quantitative estimate of drug-likeness (QED) is 0.388. The van der Waals surface area contributed by atoms with Crippen molar-refractivity contribution < 1.29 is 9.72 Å². The van der Waals surface area contributed by atoms with E-state index in [9.17, 15) is 14.9 Å². The predicted molar refractivity (Wildman–Crippen MR) is 96.8 cm³/mol. The van der Waals surface area contributed by atoms with Gasteiger partial charge in [0.15, 0.2) is 5.82 Å². The minimum atomic E-state index is -0.503. The standard InChI is InChI=1S/C16H14N6O3S/c1-10-4-5-12(22(24)25)7-13(10)18-14(23)9-26-16-19-15(20-21-16)11-3-2-6-17-8-11/h2-8H,9H2,1H3,(H,18,23)(H,19,20,21). The van der Waals surface area contributed by atoms with Gasteiger partial charge in [-0.05, 0) is 24.6 Å². The van der Waals surface area contributed by atoms with E-state index < -0.39 is 4.92 Å². The van der Waals surface area contributed by atoms with Crippen molar-refractivity contribution in [2.24, 2.45) is 0 Å². The molecule has 1 aromatic carbocycles. The molecule has 0 atom stereocenters. The number of carbonyl (C=O) groups is 1. The Bertz CT molecular complexity index is 944. The van der Waals surface area contributed by atoms with Crippen molar-refractivity contribution in [2.75, 3.05) is 11.1 Å². The maximum Gasteiger partial charge on any atom is 0.271 e. The number of rotatable bonds is 6. The molecule has 0 unspecified atom stereocenters. The molecule has 0 saturated carbocycles. The summed E-state index contributed by atoms with van der Waals surface area (Å²) >= 11 is 1.16. The van der Waals surface area contributed by atoms with Crippen LogP contribution in [0, 0.1) is 17.0 Å². The highest BCUT2D eigenvalue weighted by Crippen LogP contribution is 2.23. The van der Waals surface area contributed by atoms with E-state index in [0.29, 0.717) is 16.7 Å². The van der Waals surface area contributed by atoms with Gasteiger partial charge in [-0.1, -0.05) is 17.8 Å². The molecule has 0 fully saturated rings. The number of thioether (sulfide) groups is 1. The highest BCUT2D eigenvalue weighted by Gasteiger charge is 2.13. The first-order valence-electron chi connectivity index (χ1n) is 7.53. The van der Waals surface area contributed by atoms with Gasteiger partial charge < -0.3 is 5.32 Å². The van der Waals surface area contributed by atoms with Crippen molar-refractivity contribution >= 4 is 29.0 Å². The maximum absolute atomic E-state index is 12.1. The van der Waals surface area contributed by atoms with Gasteiger partial charge in [0, 0.05) is 30.1 Å². The first-order valence-corrected chi connectivity index (χ1v) is 8.52. The number of aromatic amines is 1. The molecule has 2 heterocycles. The normalized spacial score (nSPS) is 10.5. The number of anilines is 1. The molecule has 2 N–H and O–H groups in total. The average Bonchev–Trinajstić information content (AvgIpc) is 3.11. The Balaban J connectivity index is 1.61. The number of carbonyl (C=O) groups excluding carboxylic acids is 1. The molecular weight excluding hydrogens is 356 g/mol. The Morgan fingerprint density at radius 2 is 2.23 bits per heavy atom. The van der Waals surface area contributed by atoms with Crippen LogP contribution in [0.1, 0.15) is 5.56 Å². The molecule has 0 radical (unpaired) electrons. The van der Waals surface area contributed by atoms with E-state index in [1.807, 2.05) is 6.07 Å². The summed E-state index contributed by atoms with van der Waals surface area (Å²) < 4.78 is 0. The second kappa shape index (κ2) is 7.74. The van der Waals surface area contributed by atoms with Gasteiger partial charge in [0.05, 0.1) is 16.4 Å². The van der Waals surface area contributed by atoms with Gasteiger partial charge in [0.25, 0.3) is 5.69 Å². The first kappa shape index (κ1) is 17.5. The molecule has 2 aromatic heterocycles. The fourth-order valence-electron chi connectivity index (χ4n) is 2.12. The molecule has 0 aliphatic carbocycles. The minimum Gasteiger partial charge on any atom is -0.325 e. The zero-order valence-electron chi connectivity index (χ0n) is 13.7. The number of amides is 1. The van der Waals surface area contributed by atoms with Gasteiger partial charge in [-0.2, -0.15) is 0 Å². The summed E-state index contributed by atoms with van der Waals surface area (Å²) in [5.74, 6) is 0.341. The number of nitrogens with zero attached hydrogens (tertiary/aromatic N) is 4. The van der Waals surface area contributed by atoms with Gasteiger partial charge in [0.2, 0.25) is 11.1 Å². The lowest BCUT2D eigenvalue weighted by molar-refractivity contribution is -0.384. The number of nitrogens with one attached hydrogen (secondary N) is 2. The van der Waals surface area contributed by atoms with Crippen molar-refractivity contribution in [1.82, 2.24) is 20.2 Å². The molecule has 3 aromatic rings. The third kappa shape index (κ3) is 4.22. The molecule has 0 aliphatic heterocycles. The summed E-state index contributed by atoms with van der Waals surface area (Å²) in [7, 11) is 0. The molecule has 1 amide bonds. The molecule has 10 heteroatoms. The Morgan fingerprint density at radius 1 is 1.38 bits per heavy atom. The van der Waals surface area contributed by atoms with Gasteiger partial charge in [0.1, 0.15) is 0 Å². The highest BCUT2D eigenvalue weighted by atomic mass is 32.2. The van der Waals surface area contributed by atoms with Gasteiger partial charge in [-0.3, -0.25) is 25.0 Å². The van der Waals surface area contributed by atoms with Crippen molar-refractivity contribution in [3.63, 3.8) is 0 Å². The molecule has 3 rings (SSSR count). The Morgan fingerprint density at radius 3 is 2.96 bits per heavy atom. The summed E-state index contributed by atoms with van der Waals surface area (Å²) in [4.78, 5) is 30.8. The van der Waals surface area contributed by atoms with E-state index >= 15 is 0 Å². The number of benzene rings is 1. The molecule has 26 heavy (non-hydrogen) atoms. The number of non-ortho nitro benzene ring substituents is 1. The van der Waals surface area contributed by atoms with Crippen LogP contribution in [0.3, 0.4) is 0 Å². The van der Waals surface area contributed by atoms with Gasteiger partial charge >= 0.3 is 0 Å². The van der Waals surface area contributed by atoms with Crippen molar-refractivity contribution in [2.45, 2.75) is 12.1 Å². The number of H-pyrrole nitrogens is 1. The number of aryl methyl sites for hydroxylation is 1. The molecule has 0 spiro atoms. The Hall–Kier alpha value is -3.27. The Labute approximate surface area is 152 Å². The average molecular weight is 370 g/mol. The van der Waals surface area contributed by atoms with Crippen LogP contribution in [0.5, 0.6) is 0 Å². The predicted octanol–water partition coefficient (Wildman–Crippen LogP) is 2.81. The summed E-state index contributed by atoms with van der Waals surface area (Å²) in [6.45, 7) is 1.77. The van der Waals surface area contributed by atoms with Crippen molar-refractivity contribution in [1.29, 1.82) is 0 Å². The van der Waals surface area contributed by atoms with E-state index in [1.54, 1.807) is 31.5 Å². The number of aromatic nitrogens is 4. The van der Waals surface area contributed by atoms with Crippen molar-refractivity contribution in [3.8, 4) is 11.4 Å². The third-order valence-electron chi connectivity index (χ3n) is 3.44. The fourth-order valence-corrected chi connectivity index (χ4v) is 2.72. The van der Waals surface area contributed by atoms with Crippen LogP contribution < -0.4 is 5.32 Å². The van der Waals surface area contributed by atoms with E-state index in [0.717, 1.165) is 22.9 Å². The number of nitro groups is 1. The fraction of sp³-hybridized carbons (Fsp3) is 0.125. The first-order chi connectivity index (χ1) is 12.5. The van der Waals surface area contributed by atoms with Crippen LogP contribution in [0.2, 0.25) is 0 Å². The zero-order valence-corrected chi connectivity index (χ0v) is 14.5. The van der Waals surface area contributed by atoms with Gasteiger partial charge in [-0.15, -0.1) is 5.10 Å². The van der Waals surface area contributed by atoms with E-state index in [1.165, 1.54) is 12.1 Å². The SMILES string of the molecule is Cc1ccc([N+](=O)[O-])cc1NC(=O)CSc1n[nH]c(-c2cccnc2)n1. The molecule has 0 bridgehead atoms. The van der Waals surface area contributed by atoms with Gasteiger partial charge in [-0.25, -0.2) is 4.98 Å². The monoisotopic (exact) mass is 370 g/mol. The number of hydrogen-bond acceptors (Lipinski definition) is 7. The largest absolute Gasteiger partial charge is 0.325 e. The van der Waals surface area contributed by atoms with Crippen LogP contribution in [0.4, 0.5) is 11.4 Å². The number of nitro benzene ring substituents is 1. The van der Waals surface area contributed by atoms with E-state index in [-0.39, 0.29) is 17.3 Å². The van der Waals surface area contributed by atoms with E-state index in [2.05, 4.69) is 25.5 Å². The second-order valence-corrected chi connectivity index (χ2v) is 6.24. The Kier molecular flexibility index (Phi) is 5.23. The second-order valence-electron chi connectivity index (χ2n) is 5.30. The van der Waals surface area contributed by atoms with Crippen LogP contribution in [-0.2, 0) is 4.79 Å². The molecule has 132 valence electrons. The number of hydrogen-bond donors (Lipinski definition) is 2. The number of pyridine rings is 1. The summed E-state index contributed by atoms with van der Waals surface area (Å²) in [6.07, 6.45) is 3.32. The highest BCUT2D eigenvalue weighted by molar-refractivity contribution is 7.99. The minimum absolute atomic E-state index is 0.0753. The van der Waals surface area contributed by atoms with Crippen LogP contribution in [0.15, 0.2) is 47.9 Å². The molecule has 0 saturated heterocycles. The third-order valence-corrected chi connectivity index (χ3v) is 4.29. The van der Waals surface area contributed by atoms with Crippen LogP contribution in [0.25, 0.3) is 11.4 Å². The smallest absolute Gasteiger partial charge is 0.271 e. The van der Waals surface area contributed by atoms with Crippen LogP contribution in [-0.4, -0.2) is 36.7 Å². The van der Waals surface area contributed by atoms with Crippen molar-refractivity contribution in [3.05, 3.63) is 58.4 Å². The lowest BCUT2D eigenvalue weighted by atomic mass is 10.2. The molecular formula is C16H14N6O3S. The van der Waals surface area contributed by atoms with E-state index in [4.69, 9.17) is 0 Å². The lowest BCUT2D eigenvalue weighted by Crippen LogP contribution is -2.15. The summed E-state index contributed by atoms with van der Waals surface area (Å²) in [5.41, 5.74) is 1.87. The summed E-state index contributed by atoms with van der Waals surface area (Å²) in [6, 6.07) is 7.97. The molecule has 0 aliphatic rings. The topological polar surface area (TPSA) is 127 Å². The van der Waals surface area contributed by atoms with Crippen LogP contribution >= 0.6 is 11.8 Å². The maximum atomic E-state index is 12.1.